The topological polar surface area (TPSA) is 67.0 Å². The van der Waals surface area contributed by atoms with Crippen molar-refractivity contribution in [2.24, 2.45) is 0 Å². The molecule has 0 aliphatic rings. The van der Waals surface area contributed by atoms with E-state index in [4.69, 9.17) is 4.74 Å². The fourth-order valence-corrected chi connectivity index (χ4v) is 1.88. The van der Waals surface area contributed by atoms with E-state index in [0.717, 1.165) is 16.9 Å². The van der Waals surface area contributed by atoms with Gasteiger partial charge in [0, 0.05) is 6.07 Å². The van der Waals surface area contributed by atoms with Gasteiger partial charge in [-0.2, -0.15) is 0 Å². The monoisotopic (exact) mass is 273 g/mol. The molecule has 5 heteroatoms. The molecule has 0 unspecified atom stereocenters. The Bertz CT molecular complexity index is 662. The average molecular weight is 273 g/mol. The number of hydrogen-bond acceptors (Lipinski definition) is 4. The number of H-pyrrole nitrogens is 1. The number of nitrogens with one attached hydrogen (secondary N) is 2. The first-order chi connectivity index (χ1) is 9.49. The van der Waals surface area contributed by atoms with Crippen LogP contribution in [0.15, 0.2) is 29.1 Å². The molecule has 0 aliphatic carbocycles. The van der Waals surface area contributed by atoms with Crippen LogP contribution in [-0.4, -0.2) is 17.1 Å². The number of aromatic nitrogens is 2. The Labute approximate surface area is 118 Å². The van der Waals surface area contributed by atoms with E-state index in [1.54, 1.807) is 7.11 Å². The molecule has 0 saturated carbocycles. The molecule has 1 heterocycles. The summed E-state index contributed by atoms with van der Waals surface area (Å²) < 4.78 is 5.30. The van der Waals surface area contributed by atoms with Crippen LogP contribution < -0.4 is 15.6 Å². The Balaban J connectivity index is 2.39. The van der Waals surface area contributed by atoms with Crippen molar-refractivity contribution in [1.29, 1.82) is 0 Å². The number of aryl methyl sites for hydroxylation is 1. The number of benzene rings is 1. The molecule has 20 heavy (non-hydrogen) atoms. The van der Waals surface area contributed by atoms with Gasteiger partial charge in [0.2, 0.25) is 5.95 Å². The predicted octanol–water partition coefficient (Wildman–Crippen LogP) is 2.95. The number of nitrogens with zero attached hydrogens (tertiary/aromatic N) is 1. The molecule has 0 aliphatic heterocycles. The molecule has 5 nitrogen and oxygen atoms in total. The van der Waals surface area contributed by atoms with Gasteiger partial charge in [0.15, 0.2) is 0 Å². The number of hydrogen-bond donors (Lipinski definition) is 2. The summed E-state index contributed by atoms with van der Waals surface area (Å²) in [6.07, 6.45) is 0. The van der Waals surface area contributed by atoms with Crippen LogP contribution in [0.25, 0.3) is 0 Å². The summed E-state index contributed by atoms with van der Waals surface area (Å²) in [5.74, 6) is 1.32. The van der Waals surface area contributed by atoms with Gasteiger partial charge in [-0.05, 0) is 30.5 Å². The van der Waals surface area contributed by atoms with Crippen LogP contribution >= 0.6 is 0 Å². The van der Waals surface area contributed by atoms with Gasteiger partial charge < -0.3 is 10.1 Å². The third-order valence-corrected chi connectivity index (χ3v) is 2.96. The van der Waals surface area contributed by atoms with Gasteiger partial charge >= 0.3 is 0 Å². The van der Waals surface area contributed by atoms with Crippen LogP contribution in [0.4, 0.5) is 11.6 Å². The van der Waals surface area contributed by atoms with Gasteiger partial charge in [-0.1, -0.05) is 19.9 Å². The first-order valence-electron chi connectivity index (χ1n) is 6.52. The fraction of sp³-hybridized carbons (Fsp3) is 0.333. The van der Waals surface area contributed by atoms with Crippen molar-refractivity contribution in [2.45, 2.75) is 26.7 Å². The van der Waals surface area contributed by atoms with Gasteiger partial charge in [-0.3, -0.25) is 9.78 Å². The minimum absolute atomic E-state index is 0.169. The maximum Gasteiger partial charge on any atom is 0.252 e. The summed E-state index contributed by atoms with van der Waals surface area (Å²) in [6.45, 7) is 5.99. The molecule has 2 aromatic rings. The van der Waals surface area contributed by atoms with Crippen LogP contribution in [0.3, 0.4) is 0 Å². The van der Waals surface area contributed by atoms with Gasteiger partial charge in [0.05, 0.1) is 18.5 Å². The lowest BCUT2D eigenvalue weighted by Crippen LogP contribution is -2.13. The first kappa shape index (κ1) is 14.1. The van der Waals surface area contributed by atoms with Crippen LogP contribution in [0, 0.1) is 6.92 Å². The Morgan fingerprint density at radius 3 is 2.70 bits per heavy atom. The summed E-state index contributed by atoms with van der Waals surface area (Å²) in [5.41, 5.74) is 2.45. The normalized spacial score (nSPS) is 10.7. The van der Waals surface area contributed by atoms with Crippen molar-refractivity contribution in [1.82, 2.24) is 9.97 Å². The van der Waals surface area contributed by atoms with E-state index in [9.17, 15) is 4.79 Å². The molecule has 1 aromatic heterocycles. The Morgan fingerprint density at radius 1 is 1.30 bits per heavy atom. The molecule has 2 N–H and O–H groups in total. The highest BCUT2D eigenvalue weighted by molar-refractivity contribution is 5.63. The maximum atomic E-state index is 11.7. The quantitative estimate of drug-likeness (QED) is 0.898. The van der Waals surface area contributed by atoms with Gasteiger partial charge in [-0.25, -0.2) is 4.98 Å². The molecule has 0 bridgehead atoms. The van der Waals surface area contributed by atoms with Crippen molar-refractivity contribution in [3.63, 3.8) is 0 Å². The maximum absolute atomic E-state index is 11.7. The molecule has 1 aromatic carbocycles. The molecule has 0 radical (unpaired) electrons. The van der Waals surface area contributed by atoms with Crippen molar-refractivity contribution < 1.29 is 4.74 Å². The minimum Gasteiger partial charge on any atom is -0.495 e. The first-order valence-corrected chi connectivity index (χ1v) is 6.52. The second-order valence-corrected chi connectivity index (χ2v) is 5.00. The smallest absolute Gasteiger partial charge is 0.252 e. The van der Waals surface area contributed by atoms with E-state index >= 15 is 0 Å². The zero-order valence-corrected chi connectivity index (χ0v) is 12.2. The molecule has 0 atom stereocenters. The Hall–Kier alpha value is -2.30. The molecular weight excluding hydrogens is 254 g/mol. The number of methoxy groups -OCH3 is 1. The summed E-state index contributed by atoms with van der Waals surface area (Å²) in [4.78, 5) is 18.8. The highest BCUT2D eigenvalue weighted by Crippen LogP contribution is 2.27. The zero-order valence-electron chi connectivity index (χ0n) is 12.2. The van der Waals surface area contributed by atoms with Crippen molar-refractivity contribution in [2.75, 3.05) is 12.4 Å². The van der Waals surface area contributed by atoms with Crippen molar-refractivity contribution in [3.8, 4) is 5.75 Å². The zero-order chi connectivity index (χ0) is 14.7. The lowest BCUT2D eigenvalue weighted by molar-refractivity contribution is 0.416. The molecule has 0 saturated heterocycles. The summed E-state index contributed by atoms with van der Waals surface area (Å²) >= 11 is 0. The van der Waals surface area contributed by atoms with Gasteiger partial charge in [0.1, 0.15) is 5.75 Å². The minimum atomic E-state index is -0.169. The molecular formula is C15H19N3O2. The van der Waals surface area contributed by atoms with Crippen molar-refractivity contribution in [3.05, 3.63) is 45.9 Å². The number of ether oxygens (including phenoxy) is 1. The molecule has 0 spiro atoms. The van der Waals surface area contributed by atoms with Crippen molar-refractivity contribution >= 4 is 11.6 Å². The van der Waals surface area contributed by atoms with E-state index < -0.39 is 0 Å². The van der Waals surface area contributed by atoms with Crippen LogP contribution in [0.5, 0.6) is 5.75 Å². The third-order valence-electron chi connectivity index (χ3n) is 2.96. The summed E-state index contributed by atoms with van der Waals surface area (Å²) in [6, 6.07) is 7.30. The second-order valence-electron chi connectivity index (χ2n) is 5.00. The second kappa shape index (κ2) is 5.77. The average Bonchev–Trinajstić information content (AvgIpc) is 2.38. The SMILES string of the molecule is COc1ccc(C)cc1Nc1nc(C(C)C)cc(=O)[nH]1. The molecule has 2 rings (SSSR count). The summed E-state index contributed by atoms with van der Waals surface area (Å²) in [7, 11) is 1.61. The molecule has 106 valence electrons. The van der Waals surface area contributed by atoms with Crippen LogP contribution in [0.1, 0.15) is 31.0 Å². The van der Waals surface area contributed by atoms with E-state index in [1.165, 1.54) is 6.07 Å². The number of aromatic amines is 1. The largest absolute Gasteiger partial charge is 0.495 e. The lowest BCUT2D eigenvalue weighted by Gasteiger charge is -2.12. The van der Waals surface area contributed by atoms with E-state index in [1.807, 2.05) is 39.0 Å². The molecule has 0 amide bonds. The number of anilines is 2. The van der Waals surface area contributed by atoms with Crippen LogP contribution in [-0.2, 0) is 0 Å². The van der Waals surface area contributed by atoms with Crippen LogP contribution in [0.2, 0.25) is 0 Å². The third kappa shape index (κ3) is 3.17. The molecule has 0 fully saturated rings. The highest BCUT2D eigenvalue weighted by Gasteiger charge is 2.08. The lowest BCUT2D eigenvalue weighted by atomic mass is 10.1. The van der Waals surface area contributed by atoms with Gasteiger partial charge in [-0.15, -0.1) is 0 Å². The van der Waals surface area contributed by atoms with E-state index in [-0.39, 0.29) is 11.5 Å². The predicted molar refractivity (Wildman–Crippen MR) is 80.0 cm³/mol. The highest BCUT2D eigenvalue weighted by atomic mass is 16.5. The standard InChI is InChI=1S/C15H19N3O2/c1-9(2)11-8-14(19)18-15(16-11)17-12-7-10(3)5-6-13(12)20-4/h5-9H,1-4H3,(H2,16,17,18,19). The summed E-state index contributed by atoms with van der Waals surface area (Å²) in [5, 5.41) is 3.11. The fourth-order valence-electron chi connectivity index (χ4n) is 1.88. The van der Waals surface area contributed by atoms with Gasteiger partial charge in [0.25, 0.3) is 5.56 Å². The number of rotatable bonds is 4. The Kier molecular flexibility index (Phi) is 4.08. The van der Waals surface area contributed by atoms with E-state index in [0.29, 0.717) is 11.7 Å². The van der Waals surface area contributed by atoms with E-state index in [2.05, 4.69) is 15.3 Å². The Morgan fingerprint density at radius 2 is 2.05 bits per heavy atom.